The van der Waals surface area contributed by atoms with E-state index in [1.165, 1.54) is 7.11 Å². The van der Waals surface area contributed by atoms with Crippen LogP contribution in [0, 0.1) is 0 Å². The molecule has 0 saturated heterocycles. The Labute approximate surface area is 124 Å². The molecule has 0 aliphatic heterocycles. The van der Waals surface area contributed by atoms with Gasteiger partial charge >= 0.3 is 0 Å². The zero-order valence-electron chi connectivity index (χ0n) is 11.6. The molecule has 0 amide bonds. The average Bonchev–Trinajstić information content (AvgIpc) is 2.48. The summed E-state index contributed by atoms with van der Waals surface area (Å²) >= 11 is 0. The van der Waals surface area contributed by atoms with Crippen molar-refractivity contribution in [2.75, 3.05) is 7.11 Å². The SMILES string of the molecule is COc1ccc(C(NCc2ccccc2)S(=O)(=O)O)cc1. The van der Waals surface area contributed by atoms with Crippen LogP contribution in [0.2, 0.25) is 0 Å². The summed E-state index contributed by atoms with van der Waals surface area (Å²) in [6.45, 7) is 0.331. The summed E-state index contributed by atoms with van der Waals surface area (Å²) < 4.78 is 37.6. The number of benzene rings is 2. The smallest absolute Gasteiger partial charge is 0.285 e. The zero-order chi connectivity index (χ0) is 15.3. The van der Waals surface area contributed by atoms with Crippen LogP contribution >= 0.6 is 0 Å². The predicted octanol–water partition coefficient (Wildman–Crippen LogP) is 2.37. The van der Waals surface area contributed by atoms with Crippen LogP contribution in [0.15, 0.2) is 54.6 Å². The Hall–Kier alpha value is -1.89. The van der Waals surface area contributed by atoms with Crippen LogP contribution in [0.3, 0.4) is 0 Å². The van der Waals surface area contributed by atoms with Crippen molar-refractivity contribution in [3.63, 3.8) is 0 Å². The second-order valence-corrected chi connectivity index (χ2v) is 6.04. The molecule has 21 heavy (non-hydrogen) atoms. The minimum Gasteiger partial charge on any atom is -0.497 e. The van der Waals surface area contributed by atoms with E-state index in [2.05, 4.69) is 5.32 Å². The molecule has 6 heteroatoms. The fraction of sp³-hybridized carbons (Fsp3) is 0.200. The van der Waals surface area contributed by atoms with Crippen molar-refractivity contribution in [3.8, 4) is 5.75 Å². The van der Waals surface area contributed by atoms with Crippen molar-refractivity contribution in [2.45, 2.75) is 11.9 Å². The van der Waals surface area contributed by atoms with Crippen LogP contribution in [0.4, 0.5) is 0 Å². The molecule has 1 unspecified atom stereocenters. The van der Waals surface area contributed by atoms with Crippen molar-refractivity contribution < 1.29 is 17.7 Å². The lowest BCUT2D eigenvalue weighted by molar-refractivity contribution is 0.414. The summed E-state index contributed by atoms with van der Waals surface area (Å²) in [6.07, 6.45) is 0. The third-order valence-electron chi connectivity index (χ3n) is 3.05. The maximum atomic E-state index is 11.6. The predicted molar refractivity (Wildman–Crippen MR) is 80.6 cm³/mol. The number of methoxy groups -OCH3 is 1. The lowest BCUT2D eigenvalue weighted by atomic mass is 10.2. The van der Waals surface area contributed by atoms with E-state index in [4.69, 9.17) is 4.74 Å². The van der Waals surface area contributed by atoms with Crippen molar-refractivity contribution in [1.29, 1.82) is 0 Å². The van der Waals surface area contributed by atoms with Crippen LogP contribution in [0.5, 0.6) is 5.75 Å². The second-order valence-electron chi connectivity index (χ2n) is 4.53. The van der Waals surface area contributed by atoms with Crippen LogP contribution in [0.25, 0.3) is 0 Å². The molecule has 2 aromatic carbocycles. The summed E-state index contributed by atoms with van der Waals surface area (Å²) in [5, 5.41) is 1.67. The summed E-state index contributed by atoms with van der Waals surface area (Å²) in [7, 11) is -2.73. The molecule has 0 saturated carbocycles. The van der Waals surface area contributed by atoms with Crippen molar-refractivity contribution in [1.82, 2.24) is 5.32 Å². The average molecular weight is 307 g/mol. The van der Waals surface area contributed by atoms with Gasteiger partial charge in [-0.3, -0.25) is 9.87 Å². The Morgan fingerprint density at radius 3 is 2.24 bits per heavy atom. The van der Waals surface area contributed by atoms with Gasteiger partial charge in [-0.1, -0.05) is 42.5 Å². The largest absolute Gasteiger partial charge is 0.497 e. The van der Waals surface area contributed by atoms with E-state index in [1.807, 2.05) is 30.3 Å². The van der Waals surface area contributed by atoms with Gasteiger partial charge in [0, 0.05) is 6.54 Å². The fourth-order valence-corrected chi connectivity index (χ4v) is 2.78. The molecule has 1 atom stereocenters. The number of hydrogen-bond donors (Lipinski definition) is 2. The van der Waals surface area contributed by atoms with Crippen molar-refractivity contribution in [2.24, 2.45) is 0 Å². The molecule has 0 bridgehead atoms. The van der Waals surface area contributed by atoms with Gasteiger partial charge in [0.2, 0.25) is 0 Å². The van der Waals surface area contributed by atoms with Crippen LogP contribution < -0.4 is 10.1 Å². The Morgan fingerprint density at radius 2 is 1.71 bits per heavy atom. The number of hydrogen-bond acceptors (Lipinski definition) is 4. The van der Waals surface area contributed by atoms with Crippen LogP contribution in [-0.4, -0.2) is 20.1 Å². The highest BCUT2D eigenvalue weighted by Crippen LogP contribution is 2.22. The van der Waals surface area contributed by atoms with Gasteiger partial charge in [-0.2, -0.15) is 8.42 Å². The van der Waals surface area contributed by atoms with E-state index in [0.29, 0.717) is 17.9 Å². The molecular weight excluding hydrogens is 290 g/mol. The molecule has 2 N–H and O–H groups in total. The van der Waals surface area contributed by atoms with Crippen LogP contribution in [-0.2, 0) is 16.7 Å². The molecule has 0 fully saturated rings. The first kappa shape index (κ1) is 15.5. The minimum atomic E-state index is -4.26. The van der Waals surface area contributed by atoms with Gasteiger partial charge in [-0.25, -0.2) is 0 Å². The van der Waals surface area contributed by atoms with Crippen molar-refractivity contribution >= 4 is 10.1 Å². The van der Waals surface area contributed by atoms with E-state index in [0.717, 1.165) is 5.56 Å². The van der Waals surface area contributed by atoms with E-state index in [1.54, 1.807) is 24.3 Å². The van der Waals surface area contributed by atoms with Gasteiger partial charge in [0.1, 0.15) is 5.75 Å². The molecule has 0 aliphatic carbocycles. The molecule has 5 nitrogen and oxygen atoms in total. The van der Waals surface area contributed by atoms with Gasteiger partial charge in [-0.15, -0.1) is 0 Å². The van der Waals surface area contributed by atoms with E-state index >= 15 is 0 Å². The Balaban J connectivity index is 2.18. The number of rotatable bonds is 6. The van der Waals surface area contributed by atoms with Crippen LogP contribution in [0.1, 0.15) is 16.5 Å². The summed E-state index contributed by atoms with van der Waals surface area (Å²) in [5.74, 6) is 0.621. The maximum Gasteiger partial charge on any atom is 0.285 e. The molecule has 2 aromatic rings. The van der Waals surface area contributed by atoms with Gasteiger partial charge in [-0.05, 0) is 23.3 Å². The highest BCUT2D eigenvalue weighted by Gasteiger charge is 2.24. The Bertz CT molecular complexity index is 669. The third kappa shape index (κ3) is 4.29. The molecule has 0 spiro atoms. The normalized spacial score (nSPS) is 12.9. The highest BCUT2D eigenvalue weighted by molar-refractivity contribution is 7.86. The standard InChI is InChI=1S/C15H17NO4S/c1-20-14-9-7-13(8-10-14)15(21(17,18)19)16-11-12-5-3-2-4-6-12/h2-10,15-16H,11H2,1H3,(H,17,18,19). The van der Waals surface area contributed by atoms with Gasteiger partial charge in [0.05, 0.1) is 7.11 Å². The van der Waals surface area contributed by atoms with E-state index in [9.17, 15) is 13.0 Å². The number of ether oxygens (including phenoxy) is 1. The summed E-state index contributed by atoms with van der Waals surface area (Å²) in [5.41, 5.74) is 1.38. The lowest BCUT2D eigenvalue weighted by Crippen LogP contribution is -2.28. The molecule has 0 heterocycles. The van der Waals surface area contributed by atoms with Gasteiger partial charge in [0.15, 0.2) is 5.37 Å². The maximum absolute atomic E-state index is 11.6. The molecule has 0 radical (unpaired) electrons. The fourth-order valence-electron chi connectivity index (χ4n) is 1.98. The molecule has 112 valence electrons. The first-order valence-corrected chi connectivity index (χ1v) is 7.88. The molecule has 0 aromatic heterocycles. The first-order valence-electron chi connectivity index (χ1n) is 6.38. The first-order chi connectivity index (χ1) is 10.0. The molecule has 2 rings (SSSR count). The Kier molecular flexibility index (Phi) is 4.95. The van der Waals surface area contributed by atoms with Gasteiger partial charge < -0.3 is 4.74 Å². The summed E-state index contributed by atoms with van der Waals surface area (Å²) in [4.78, 5) is 0. The molecule has 0 aliphatic rings. The van der Waals surface area contributed by atoms with E-state index in [-0.39, 0.29) is 0 Å². The Morgan fingerprint density at radius 1 is 1.10 bits per heavy atom. The third-order valence-corrected chi connectivity index (χ3v) is 4.09. The minimum absolute atomic E-state index is 0.331. The topological polar surface area (TPSA) is 75.6 Å². The quantitative estimate of drug-likeness (QED) is 0.801. The van der Waals surface area contributed by atoms with E-state index < -0.39 is 15.5 Å². The van der Waals surface area contributed by atoms with Crippen molar-refractivity contribution in [3.05, 3.63) is 65.7 Å². The molecular formula is C15H17NO4S. The number of nitrogens with one attached hydrogen (secondary N) is 1. The summed E-state index contributed by atoms with van der Waals surface area (Å²) in [6, 6.07) is 15.9. The van der Waals surface area contributed by atoms with Gasteiger partial charge in [0.25, 0.3) is 10.1 Å². The monoisotopic (exact) mass is 307 g/mol. The second kappa shape index (κ2) is 6.71. The highest BCUT2D eigenvalue weighted by atomic mass is 32.2. The zero-order valence-corrected chi connectivity index (χ0v) is 12.4. The lowest BCUT2D eigenvalue weighted by Gasteiger charge is -2.16.